The van der Waals surface area contributed by atoms with Crippen molar-refractivity contribution in [3.8, 4) is 28.4 Å². The van der Waals surface area contributed by atoms with Crippen LogP contribution in [-0.4, -0.2) is 34.0 Å². The Labute approximate surface area is 208 Å². The maximum Gasteiger partial charge on any atom is 0.161 e. The van der Waals surface area contributed by atoms with Crippen LogP contribution in [0.15, 0.2) is 97.3 Å². The second-order valence-electron chi connectivity index (χ2n) is 8.31. The molecule has 0 fully saturated rings. The molecule has 0 amide bonds. The summed E-state index contributed by atoms with van der Waals surface area (Å²) in [5.41, 5.74) is 5.60. The molecule has 0 radical (unpaired) electrons. The van der Waals surface area contributed by atoms with Crippen LogP contribution in [-0.2, 0) is 0 Å². The largest absolute Gasteiger partial charge is 0.497 e. The highest BCUT2D eigenvalue weighted by atomic mass is 16.5. The predicted molar refractivity (Wildman–Crippen MR) is 142 cm³/mol. The number of benzene rings is 4. The quantitative estimate of drug-likeness (QED) is 0.302. The second kappa shape index (κ2) is 9.03. The van der Waals surface area contributed by atoms with E-state index in [2.05, 4.69) is 43.3 Å². The van der Waals surface area contributed by atoms with Crippen molar-refractivity contribution in [1.82, 2.24) is 19.7 Å². The summed E-state index contributed by atoms with van der Waals surface area (Å²) in [5, 5.41) is 14.6. The standard InChI is InChI=1S/C29H23N5O2/c1-35-22-12-7-19(8-13-22)28-24-5-3-4-6-25(24)29(33-32-28)31-20-9-16-27-26(17-20)30-18-34(27)21-10-14-23(36-2)15-11-21/h3-18H,1-2H3,(H,31,33). The Hall–Kier alpha value is -4.91. The van der Waals surface area contributed by atoms with Gasteiger partial charge in [0, 0.05) is 27.7 Å². The first-order chi connectivity index (χ1) is 17.7. The van der Waals surface area contributed by atoms with Gasteiger partial charge in [-0.05, 0) is 66.7 Å². The number of hydrogen-bond acceptors (Lipinski definition) is 6. The SMILES string of the molecule is COc1ccc(-c2nnc(Nc3ccc4c(c3)ncn4-c3ccc(OC)cc3)c3ccccc23)cc1. The molecule has 0 bridgehead atoms. The molecular weight excluding hydrogens is 450 g/mol. The van der Waals surface area contributed by atoms with Crippen LogP contribution in [0.5, 0.6) is 11.5 Å². The van der Waals surface area contributed by atoms with E-state index in [0.29, 0.717) is 5.82 Å². The van der Waals surface area contributed by atoms with Crippen molar-refractivity contribution in [3.63, 3.8) is 0 Å². The minimum atomic E-state index is 0.691. The van der Waals surface area contributed by atoms with Crippen LogP contribution in [0.2, 0.25) is 0 Å². The van der Waals surface area contributed by atoms with E-state index in [1.807, 2.05) is 79.1 Å². The fourth-order valence-electron chi connectivity index (χ4n) is 4.33. The first-order valence-corrected chi connectivity index (χ1v) is 11.5. The maximum atomic E-state index is 5.29. The molecule has 2 aromatic heterocycles. The van der Waals surface area contributed by atoms with Crippen LogP contribution < -0.4 is 14.8 Å². The number of ether oxygens (including phenoxy) is 2. The molecule has 0 spiro atoms. The van der Waals surface area contributed by atoms with Gasteiger partial charge in [-0.1, -0.05) is 24.3 Å². The lowest BCUT2D eigenvalue weighted by atomic mass is 10.0. The smallest absolute Gasteiger partial charge is 0.161 e. The van der Waals surface area contributed by atoms with Crippen molar-refractivity contribution in [3.05, 3.63) is 97.3 Å². The summed E-state index contributed by atoms with van der Waals surface area (Å²) < 4.78 is 12.6. The monoisotopic (exact) mass is 473 g/mol. The van der Waals surface area contributed by atoms with E-state index in [1.165, 1.54) is 0 Å². The second-order valence-corrected chi connectivity index (χ2v) is 8.31. The van der Waals surface area contributed by atoms with Crippen LogP contribution in [0.1, 0.15) is 0 Å². The van der Waals surface area contributed by atoms with Gasteiger partial charge >= 0.3 is 0 Å². The normalized spacial score (nSPS) is 11.1. The zero-order valence-electron chi connectivity index (χ0n) is 19.8. The number of rotatable bonds is 6. The Bertz CT molecular complexity index is 1680. The molecule has 36 heavy (non-hydrogen) atoms. The number of nitrogens with zero attached hydrogens (tertiary/aromatic N) is 4. The molecule has 0 unspecified atom stereocenters. The highest BCUT2D eigenvalue weighted by molar-refractivity contribution is 6.01. The number of hydrogen-bond donors (Lipinski definition) is 1. The van der Waals surface area contributed by atoms with Gasteiger partial charge in [-0.25, -0.2) is 4.98 Å². The molecule has 176 valence electrons. The van der Waals surface area contributed by atoms with Crippen molar-refractivity contribution in [2.45, 2.75) is 0 Å². The van der Waals surface area contributed by atoms with E-state index in [0.717, 1.165) is 55.9 Å². The van der Waals surface area contributed by atoms with Crippen molar-refractivity contribution in [1.29, 1.82) is 0 Å². The zero-order chi connectivity index (χ0) is 24.5. The van der Waals surface area contributed by atoms with Gasteiger partial charge in [0.2, 0.25) is 0 Å². The van der Waals surface area contributed by atoms with E-state index in [1.54, 1.807) is 14.2 Å². The molecule has 6 rings (SSSR count). The molecule has 0 aliphatic rings. The Morgan fingerprint density at radius 1 is 0.722 bits per heavy atom. The molecular formula is C29H23N5O2. The summed E-state index contributed by atoms with van der Waals surface area (Å²) in [5.74, 6) is 2.32. The molecule has 4 aromatic carbocycles. The molecule has 0 aliphatic heterocycles. The molecule has 0 atom stereocenters. The summed E-state index contributed by atoms with van der Waals surface area (Å²) in [6.45, 7) is 0. The summed E-state index contributed by atoms with van der Waals surface area (Å²) in [4.78, 5) is 4.62. The predicted octanol–water partition coefficient (Wildman–Crippen LogP) is 6.40. The van der Waals surface area contributed by atoms with E-state index < -0.39 is 0 Å². The van der Waals surface area contributed by atoms with Crippen LogP contribution in [0.25, 0.3) is 38.8 Å². The van der Waals surface area contributed by atoms with E-state index in [4.69, 9.17) is 9.47 Å². The van der Waals surface area contributed by atoms with Gasteiger partial charge in [0.05, 0.1) is 25.3 Å². The molecule has 0 saturated heterocycles. The Morgan fingerprint density at radius 3 is 2.14 bits per heavy atom. The molecule has 6 aromatic rings. The third kappa shape index (κ3) is 3.86. The molecule has 0 aliphatic carbocycles. The van der Waals surface area contributed by atoms with E-state index >= 15 is 0 Å². The number of imidazole rings is 1. The third-order valence-electron chi connectivity index (χ3n) is 6.21. The number of anilines is 2. The fourth-order valence-corrected chi connectivity index (χ4v) is 4.33. The fraction of sp³-hybridized carbons (Fsp3) is 0.0690. The summed E-state index contributed by atoms with van der Waals surface area (Å²) >= 11 is 0. The highest BCUT2D eigenvalue weighted by Gasteiger charge is 2.12. The lowest BCUT2D eigenvalue weighted by Crippen LogP contribution is -1.99. The van der Waals surface area contributed by atoms with Gasteiger partial charge in [0.25, 0.3) is 0 Å². The Kier molecular flexibility index (Phi) is 5.42. The van der Waals surface area contributed by atoms with Crippen molar-refractivity contribution in [2.24, 2.45) is 0 Å². The van der Waals surface area contributed by atoms with E-state index in [-0.39, 0.29) is 0 Å². The Morgan fingerprint density at radius 2 is 1.42 bits per heavy atom. The average molecular weight is 474 g/mol. The number of aromatic nitrogens is 4. The number of nitrogens with one attached hydrogen (secondary N) is 1. The van der Waals surface area contributed by atoms with Gasteiger partial charge in [0.1, 0.15) is 23.5 Å². The molecule has 7 nitrogen and oxygen atoms in total. The highest BCUT2D eigenvalue weighted by Crippen LogP contribution is 2.32. The minimum Gasteiger partial charge on any atom is -0.497 e. The van der Waals surface area contributed by atoms with Crippen LogP contribution >= 0.6 is 0 Å². The molecule has 1 N–H and O–H groups in total. The molecule has 7 heteroatoms. The minimum absolute atomic E-state index is 0.691. The van der Waals surface area contributed by atoms with Gasteiger partial charge in [-0.2, -0.15) is 0 Å². The summed E-state index contributed by atoms with van der Waals surface area (Å²) in [6, 6.07) is 30.0. The van der Waals surface area contributed by atoms with Crippen molar-refractivity contribution >= 4 is 33.3 Å². The average Bonchev–Trinajstić information content (AvgIpc) is 3.37. The van der Waals surface area contributed by atoms with Gasteiger partial charge < -0.3 is 14.8 Å². The van der Waals surface area contributed by atoms with Gasteiger partial charge in [-0.15, -0.1) is 10.2 Å². The molecule has 0 saturated carbocycles. The number of methoxy groups -OCH3 is 2. The summed E-state index contributed by atoms with van der Waals surface area (Å²) in [7, 11) is 3.32. The third-order valence-corrected chi connectivity index (χ3v) is 6.21. The topological polar surface area (TPSA) is 74.1 Å². The molecule has 2 heterocycles. The van der Waals surface area contributed by atoms with Gasteiger partial charge in [0.15, 0.2) is 5.82 Å². The van der Waals surface area contributed by atoms with Crippen molar-refractivity contribution in [2.75, 3.05) is 19.5 Å². The lowest BCUT2D eigenvalue weighted by molar-refractivity contribution is 0.414. The summed E-state index contributed by atoms with van der Waals surface area (Å²) in [6.07, 6.45) is 1.83. The van der Waals surface area contributed by atoms with Crippen LogP contribution in [0.4, 0.5) is 11.5 Å². The maximum absolute atomic E-state index is 5.29. The van der Waals surface area contributed by atoms with Crippen molar-refractivity contribution < 1.29 is 9.47 Å². The first-order valence-electron chi connectivity index (χ1n) is 11.5. The lowest BCUT2D eigenvalue weighted by Gasteiger charge is -2.12. The van der Waals surface area contributed by atoms with Crippen LogP contribution in [0.3, 0.4) is 0 Å². The van der Waals surface area contributed by atoms with Crippen LogP contribution in [0, 0.1) is 0 Å². The number of fused-ring (bicyclic) bond motifs is 2. The van der Waals surface area contributed by atoms with E-state index in [9.17, 15) is 0 Å². The Balaban J connectivity index is 1.34. The first kappa shape index (κ1) is 21.6. The zero-order valence-corrected chi connectivity index (χ0v) is 19.8. The van der Waals surface area contributed by atoms with Gasteiger partial charge in [-0.3, -0.25) is 4.57 Å².